The van der Waals surface area contributed by atoms with Crippen molar-refractivity contribution in [3.05, 3.63) is 0 Å². The third-order valence-corrected chi connectivity index (χ3v) is 2.88. The number of aliphatic hydroxyl groups is 2. The highest BCUT2D eigenvalue weighted by Crippen LogP contribution is 2.31. The molecule has 1 aliphatic rings. The van der Waals surface area contributed by atoms with Crippen LogP contribution in [0.1, 0.15) is 13.3 Å². The first-order valence-corrected chi connectivity index (χ1v) is 4.60. The number of hydrogen-bond donors (Lipinski definition) is 3. The van der Waals surface area contributed by atoms with Gasteiger partial charge < -0.3 is 20.1 Å². The Hall–Kier alpha value is -0.650. The fourth-order valence-corrected chi connectivity index (χ4v) is 1.99. The quantitative estimate of drug-likeness (QED) is 0.562. The molecule has 0 heterocycles. The van der Waals surface area contributed by atoms with E-state index in [0.717, 1.165) is 0 Å². The lowest BCUT2D eigenvalue weighted by molar-refractivity contribution is -0.172. The van der Waals surface area contributed by atoms with Gasteiger partial charge in [0.1, 0.15) is 6.10 Å². The van der Waals surface area contributed by atoms with Crippen LogP contribution in [-0.4, -0.2) is 46.7 Å². The molecular formula is C9H16O5. The molecule has 1 saturated carbocycles. The Morgan fingerprint density at radius 2 is 1.93 bits per heavy atom. The highest BCUT2D eigenvalue weighted by Gasteiger charge is 2.44. The van der Waals surface area contributed by atoms with Gasteiger partial charge in [0.2, 0.25) is 0 Å². The molecule has 0 aromatic carbocycles. The van der Waals surface area contributed by atoms with Crippen molar-refractivity contribution in [2.45, 2.75) is 31.7 Å². The third kappa shape index (κ3) is 1.89. The second kappa shape index (κ2) is 4.25. The van der Waals surface area contributed by atoms with Crippen LogP contribution in [0.25, 0.3) is 0 Å². The first kappa shape index (κ1) is 11.4. The minimum absolute atomic E-state index is 0.225. The average molecular weight is 204 g/mol. The van der Waals surface area contributed by atoms with Gasteiger partial charge in [-0.25, -0.2) is 0 Å². The van der Waals surface area contributed by atoms with E-state index in [-0.39, 0.29) is 5.92 Å². The summed E-state index contributed by atoms with van der Waals surface area (Å²) in [4.78, 5) is 10.8. The van der Waals surface area contributed by atoms with Crippen molar-refractivity contribution >= 4 is 5.97 Å². The van der Waals surface area contributed by atoms with Crippen molar-refractivity contribution in [2.24, 2.45) is 11.8 Å². The lowest BCUT2D eigenvalue weighted by Gasteiger charge is -2.39. The predicted molar refractivity (Wildman–Crippen MR) is 47.7 cm³/mol. The van der Waals surface area contributed by atoms with Crippen molar-refractivity contribution in [1.29, 1.82) is 0 Å². The Morgan fingerprint density at radius 1 is 1.36 bits per heavy atom. The van der Waals surface area contributed by atoms with Gasteiger partial charge in [-0.15, -0.1) is 0 Å². The summed E-state index contributed by atoms with van der Waals surface area (Å²) in [5.74, 6) is -1.96. The molecule has 1 aliphatic carbocycles. The number of aliphatic carboxylic acids is 1. The second-order valence-electron chi connectivity index (χ2n) is 3.84. The van der Waals surface area contributed by atoms with E-state index >= 15 is 0 Å². The maximum absolute atomic E-state index is 10.8. The van der Waals surface area contributed by atoms with Gasteiger partial charge in [-0.1, -0.05) is 6.92 Å². The maximum atomic E-state index is 10.8. The molecule has 82 valence electrons. The monoisotopic (exact) mass is 204 g/mol. The molecule has 0 aromatic rings. The number of carbonyl (C=O) groups is 1. The molecule has 1 rings (SSSR count). The molecular weight excluding hydrogens is 188 g/mol. The van der Waals surface area contributed by atoms with Crippen LogP contribution in [0, 0.1) is 11.8 Å². The first-order valence-electron chi connectivity index (χ1n) is 4.60. The standard InChI is InChI=1S/C9H16O5/c1-4-3-5(9(12)13)8(14-2)7(11)6(4)10/h4-8,10-11H,3H2,1-2H3,(H,12,13). The molecule has 0 aromatic heterocycles. The first-order chi connectivity index (χ1) is 6.49. The lowest BCUT2D eigenvalue weighted by atomic mass is 9.76. The smallest absolute Gasteiger partial charge is 0.309 e. The zero-order valence-electron chi connectivity index (χ0n) is 8.25. The molecule has 0 spiro atoms. The second-order valence-corrected chi connectivity index (χ2v) is 3.84. The SMILES string of the molecule is COC1C(C(=O)O)CC(C)C(O)C1O. The van der Waals surface area contributed by atoms with E-state index in [0.29, 0.717) is 6.42 Å². The fraction of sp³-hybridized carbons (Fsp3) is 0.889. The van der Waals surface area contributed by atoms with Crippen LogP contribution in [-0.2, 0) is 9.53 Å². The molecule has 0 radical (unpaired) electrons. The average Bonchev–Trinajstić information content (AvgIpc) is 2.13. The molecule has 3 N–H and O–H groups in total. The van der Waals surface area contributed by atoms with Crippen molar-refractivity contribution < 1.29 is 24.9 Å². The number of aliphatic hydroxyl groups excluding tert-OH is 2. The van der Waals surface area contributed by atoms with Gasteiger partial charge in [0.15, 0.2) is 0 Å². The summed E-state index contributed by atoms with van der Waals surface area (Å²) in [6, 6.07) is 0. The topological polar surface area (TPSA) is 87.0 Å². The lowest BCUT2D eigenvalue weighted by Crippen LogP contribution is -2.53. The fourth-order valence-electron chi connectivity index (χ4n) is 1.99. The summed E-state index contributed by atoms with van der Waals surface area (Å²) in [5, 5.41) is 28.0. The van der Waals surface area contributed by atoms with Gasteiger partial charge in [-0.3, -0.25) is 4.79 Å². The minimum atomic E-state index is -1.12. The number of carboxylic acids is 1. The van der Waals surface area contributed by atoms with Crippen LogP contribution in [0.5, 0.6) is 0 Å². The van der Waals surface area contributed by atoms with Gasteiger partial charge in [0.05, 0.1) is 18.1 Å². The molecule has 0 saturated heterocycles. The van der Waals surface area contributed by atoms with E-state index < -0.39 is 30.2 Å². The molecule has 5 unspecified atom stereocenters. The third-order valence-electron chi connectivity index (χ3n) is 2.88. The Kier molecular flexibility index (Phi) is 3.47. The highest BCUT2D eigenvalue weighted by molar-refractivity contribution is 5.71. The van der Waals surface area contributed by atoms with Crippen LogP contribution >= 0.6 is 0 Å². The van der Waals surface area contributed by atoms with Crippen LogP contribution in [0.3, 0.4) is 0 Å². The normalized spacial score (nSPS) is 43.6. The summed E-state index contributed by atoms with van der Waals surface area (Å²) in [7, 11) is 1.34. The van der Waals surface area contributed by atoms with Crippen LogP contribution < -0.4 is 0 Å². The minimum Gasteiger partial charge on any atom is -0.481 e. The van der Waals surface area contributed by atoms with Crippen molar-refractivity contribution in [3.8, 4) is 0 Å². The van der Waals surface area contributed by atoms with E-state index in [1.54, 1.807) is 6.92 Å². The molecule has 0 amide bonds. The highest BCUT2D eigenvalue weighted by atomic mass is 16.5. The zero-order valence-corrected chi connectivity index (χ0v) is 8.25. The molecule has 1 fully saturated rings. The van der Waals surface area contributed by atoms with Gasteiger partial charge in [-0.05, 0) is 12.3 Å². The maximum Gasteiger partial charge on any atom is 0.309 e. The number of carboxylic acid groups (broad SMARTS) is 1. The summed E-state index contributed by atoms with van der Waals surface area (Å²) in [6.07, 6.45) is -2.52. The molecule has 14 heavy (non-hydrogen) atoms. The van der Waals surface area contributed by atoms with E-state index in [1.165, 1.54) is 7.11 Å². The summed E-state index contributed by atoms with van der Waals surface area (Å²) in [5.41, 5.74) is 0. The van der Waals surface area contributed by atoms with Gasteiger partial charge >= 0.3 is 5.97 Å². The van der Waals surface area contributed by atoms with Gasteiger partial charge in [-0.2, -0.15) is 0 Å². The number of methoxy groups -OCH3 is 1. The zero-order chi connectivity index (χ0) is 10.9. The summed E-state index contributed by atoms with van der Waals surface area (Å²) >= 11 is 0. The van der Waals surface area contributed by atoms with Crippen LogP contribution in [0.15, 0.2) is 0 Å². The Bertz CT molecular complexity index is 217. The van der Waals surface area contributed by atoms with Crippen LogP contribution in [0.2, 0.25) is 0 Å². The number of rotatable bonds is 2. The summed E-state index contributed by atoms with van der Waals surface area (Å²) < 4.78 is 4.91. The molecule has 5 heteroatoms. The summed E-state index contributed by atoms with van der Waals surface area (Å²) in [6.45, 7) is 1.72. The van der Waals surface area contributed by atoms with Crippen molar-refractivity contribution in [2.75, 3.05) is 7.11 Å². The van der Waals surface area contributed by atoms with Crippen LogP contribution in [0.4, 0.5) is 0 Å². The van der Waals surface area contributed by atoms with Gasteiger partial charge in [0.25, 0.3) is 0 Å². The van der Waals surface area contributed by atoms with E-state index in [1.807, 2.05) is 0 Å². The molecule has 5 nitrogen and oxygen atoms in total. The van der Waals surface area contributed by atoms with E-state index in [9.17, 15) is 15.0 Å². The van der Waals surface area contributed by atoms with Crippen molar-refractivity contribution in [1.82, 2.24) is 0 Å². The predicted octanol–water partition coefficient (Wildman–Crippen LogP) is -0.536. The Morgan fingerprint density at radius 3 is 2.36 bits per heavy atom. The Labute approximate surface area is 82.3 Å². The molecule has 5 atom stereocenters. The number of ether oxygens (including phenoxy) is 1. The van der Waals surface area contributed by atoms with E-state index in [2.05, 4.69) is 0 Å². The largest absolute Gasteiger partial charge is 0.481 e. The van der Waals surface area contributed by atoms with Crippen molar-refractivity contribution in [3.63, 3.8) is 0 Å². The number of hydrogen-bond acceptors (Lipinski definition) is 4. The molecule has 0 bridgehead atoms. The Balaban J connectivity index is 2.82. The van der Waals surface area contributed by atoms with E-state index in [4.69, 9.17) is 9.84 Å². The molecule has 0 aliphatic heterocycles. The van der Waals surface area contributed by atoms with Gasteiger partial charge in [0, 0.05) is 7.11 Å².